The SMILES string of the molecule is CS(=O)(=O)N(C(=N)c1cc(Oc2ccc(C(F)(F)F)cc2Cl)ccc1[N+](=O)[O-])S(C)(=O)=O. The first kappa shape index (κ1) is 25.4. The molecule has 0 aliphatic heterocycles. The van der Waals surface area contributed by atoms with E-state index in [1.54, 1.807) is 0 Å². The van der Waals surface area contributed by atoms with E-state index < -0.39 is 58.8 Å². The van der Waals surface area contributed by atoms with Gasteiger partial charge in [0.15, 0.2) is 5.84 Å². The third-order valence-corrected chi connectivity index (χ3v) is 7.18. The molecule has 16 heteroatoms. The molecule has 0 saturated carbocycles. The van der Waals surface area contributed by atoms with E-state index >= 15 is 0 Å². The molecule has 0 saturated heterocycles. The average Bonchev–Trinajstić information content (AvgIpc) is 2.59. The molecule has 0 aliphatic rings. The minimum absolute atomic E-state index is 0.283. The highest BCUT2D eigenvalue weighted by molar-refractivity contribution is 8.04. The molecule has 0 heterocycles. The summed E-state index contributed by atoms with van der Waals surface area (Å²) in [4.78, 5) is 10.3. The summed E-state index contributed by atoms with van der Waals surface area (Å²) in [5.41, 5.74) is -2.62. The van der Waals surface area contributed by atoms with Crippen LogP contribution in [0.15, 0.2) is 36.4 Å². The Morgan fingerprint density at radius 1 is 1.09 bits per heavy atom. The number of hydrogen-bond donors (Lipinski definition) is 1. The van der Waals surface area contributed by atoms with E-state index in [1.165, 1.54) is 0 Å². The quantitative estimate of drug-likeness (QED) is 0.267. The van der Waals surface area contributed by atoms with Gasteiger partial charge in [-0.3, -0.25) is 15.5 Å². The van der Waals surface area contributed by atoms with Crippen LogP contribution in [0, 0.1) is 15.5 Å². The van der Waals surface area contributed by atoms with Crippen molar-refractivity contribution in [2.24, 2.45) is 0 Å². The predicted molar refractivity (Wildman–Crippen MR) is 108 cm³/mol. The monoisotopic (exact) mass is 515 g/mol. The summed E-state index contributed by atoms with van der Waals surface area (Å²) < 4.78 is 90.9. The molecule has 0 aliphatic carbocycles. The van der Waals surface area contributed by atoms with Crippen molar-refractivity contribution in [3.63, 3.8) is 0 Å². The molecule has 0 spiro atoms. The standard InChI is InChI=1S/C16H13ClF3N3O7S2/c1-31(26,27)23(32(2,28)29)15(21)11-8-10(4-5-13(11)22(24)25)30-14-6-3-9(7-12(14)17)16(18,19)20/h3-8,21H,1-2H3. The maximum Gasteiger partial charge on any atom is 0.416 e. The summed E-state index contributed by atoms with van der Waals surface area (Å²) in [6.07, 6.45) is -3.70. The van der Waals surface area contributed by atoms with E-state index in [9.17, 15) is 40.1 Å². The van der Waals surface area contributed by atoms with E-state index in [1.807, 2.05) is 0 Å². The number of alkyl halides is 3. The van der Waals surface area contributed by atoms with Crippen LogP contribution in [-0.2, 0) is 26.2 Å². The topological polar surface area (TPSA) is 148 Å². The first-order valence-electron chi connectivity index (χ1n) is 8.05. The van der Waals surface area contributed by atoms with Crippen LogP contribution in [0.1, 0.15) is 11.1 Å². The van der Waals surface area contributed by atoms with Crippen molar-refractivity contribution in [1.29, 1.82) is 5.41 Å². The van der Waals surface area contributed by atoms with Crippen LogP contribution in [0.5, 0.6) is 11.5 Å². The van der Waals surface area contributed by atoms with Gasteiger partial charge in [0, 0.05) is 6.07 Å². The second-order valence-electron chi connectivity index (χ2n) is 6.25. The lowest BCUT2D eigenvalue weighted by atomic mass is 10.1. The molecule has 0 atom stereocenters. The number of nitrogens with one attached hydrogen (secondary N) is 1. The molecule has 0 radical (unpaired) electrons. The van der Waals surface area contributed by atoms with Crippen molar-refractivity contribution in [2.45, 2.75) is 6.18 Å². The van der Waals surface area contributed by atoms with Crippen molar-refractivity contribution >= 4 is 43.2 Å². The van der Waals surface area contributed by atoms with Gasteiger partial charge >= 0.3 is 6.18 Å². The highest BCUT2D eigenvalue weighted by Gasteiger charge is 2.34. The Balaban J connectivity index is 2.58. The zero-order chi connectivity index (χ0) is 24.6. The van der Waals surface area contributed by atoms with Crippen molar-refractivity contribution < 1.29 is 39.7 Å². The zero-order valence-electron chi connectivity index (χ0n) is 16.0. The number of nitro groups is 1. The van der Waals surface area contributed by atoms with Crippen LogP contribution < -0.4 is 4.74 Å². The highest BCUT2D eigenvalue weighted by atomic mass is 35.5. The number of benzene rings is 2. The van der Waals surface area contributed by atoms with Gasteiger partial charge in [-0.15, -0.1) is 3.71 Å². The summed E-state index contributed by atoms with van der Waals surface area (Å²) in [6, 6.07) is 4.74. The molecule has 2 rings (SSSR count). The molecule has 2 aromatic rings. The summed E-state index contributed by atoms with van der Waals surface area (Å²) in [7, 11) is -9.16. The maximum atomic E-state index is 12.8. The average molecular weight is 516 g/mol. The molecule has 0 unspecified atom stereocenters. The Morgan fingerprint density at radius 3 is 2.09 bits per heavy atom. The van der Waals surface area contributed by atoms with E-state index in [0.717, 1.165) is 24.3 Å². The summed E-state index contributed by atoms with van der Waals surface area (Å²) >= 11 is 5.80. The summed E-state index contributed by atoms with van der Waals surface area (Å²) in [5.74, 6) is -1.83. The Morgan fingerprint density at radius 2 is 1.66 bits per heavy atom. The number of nitrogens with zero attached hydrogens (tertiary/aromatic N) is 2. The van der Waals surface area contributed by atoms with Crippen LogP contribution in [-0.4, -0.2) is 43.8 Å². The fourth-order valence-corrected chi connectivity index (χ4v) is 5.54. The molecule has 32 heavy (non-hydrogen) atoms. The van der Waals surface area contributed by atoms with Crippen LogP contribution >= 0.6 is 11.6 Å². The third kappa shape index (κ3) is 5.66. The van der Waals surface area contributed by atoms with Crippen LogP contribution in [0.25, 0.3) is 0 Å². The Labute approximate surface area is 184 Å². The molecule has 0 aromatic heterocycles. The molecule has 1 N–H and O–H groups in total. The summed E-state index contributed by atoms with van der Waals surface area (Å²) in [6.45, 7) is 0. The van der Waals surface area contributed by atoms with Crippen molar-refractivity contribution in [2.75, 3.05) is 12.5 Å². The first-order valence-corrected chi connectivity index (χ1v) is 12.1. The smallest absolute Gasteiger partial charge is 0.416 e. The van der Waals surface area contributed by atoms with E-state index in [0.29, 0.717) is 24.6 Å². The second-order valence-corrected chi connectivity index (χ2v) is 10.6. The number of rotatable bonds is 6. The molecular formula is C16H13ClF3N3O7S2. The molecule has 0 bridgehead atoms. The first-order chi connectivity index (χ1) is 14.4. The minimum Gasteiger partial charge on any atom is -0.456 e. The molecule has 10 nitrogen and oxygen atoms in total. The number of ether oxygens (including phenoxy) is 1. The normalized spacial score (nSPS) is 12.3. The fourth-order valence-electron chi connectivity index (χ4n) is 2.49. The van der Waals surface area contributed by atoms with E-state index in [4.69, 9.17) is 21.7 Å². The Bertz CT molecular complexity index is 1280. The zero-order valence-corrected chi connectivity index (χ0v) is 18.4. The van der Waals surface area contributed by atoms with Crippen LogP contribution in [0.4, 0.5) is 18.9 Å². The third-order valence-electron chi connectivity index (χ3n) is 3.69. The lowest BCUT2D eigenvalue weighted by molar-refractivity contribution is -0.385. The molecule has 174 valence electrons. The number of hydrogen-bond acceptors (Lipinski definition) is 8. The fraction of sp³-hybridized carbons (Fsp3) is 0.188. The van der Waals surface area contributed by atoms with Crippen LogP contribution in [0.2, 0.25) is 5.02 Å². The Kier molecular flexibility index (Phi) is 6.78. The van der Waals surface area contributed by atoms with Gasteiger partial charge in [-0.05, 0) is 30.3 Å². The van der Waals surface area contributed by atoms with E-state index in [-0.39, 0.29) is 15.2 Å². The van der Waals surface area contributed by atoms with Gasteiger partial charge in [0.05, 0.1) is 33.6 Å². The molecule has 0 amide bonds. The van der Waals surface area contributed by atoms with E-state index in [2.05, 4.69) is 0 Å². The van der Waals surface area contributed by atoms with Crippen molar-refractivity contribution in [3.05, 3.63) is 62.7 Å². The van der Waals surface area contributed by atoms with Gasteiger partial charge in [-0.25, -0.2) is 16.8 Å². The second kappa shape index (κ2) is 8.55. The largest absolute Gasteiger partial charge is 0.456 e. The molecule has 0 fully saturated rings. The van der Waals surface area contributed by atoms with Crippen LogP contribution in [0.3, 0.4) is 0 Å². The number of nitro benzene ring substituents is 1. The molecule has 2 aromatic carbocycles. The Hall–Kier alpha value is -2.91. The van der Waals surface area contributed by atoms with Gasteiger partial charge in [0.2, 0.25) is 20.0 Å². The van der Waals surface area contributed by atoms with Gasteiger partial charge in [0.25, 0.3) is 5.69 Å². The van der Waals surface area contributed by atoms with Gasteiger partial charge in [-0.2, -0.15) is 13.2 Å². The van der Waals surface area contributed by atoms with Crippen molar-refractivity contribution in [1.82, 2.24) is 3.71 Å². The van der Waals surface area contributed by atoms with Gasteiger partial charge in [0.1, 0.15) is 11.5 Å². The highest BCUT2D eigenvalue weighted by Crippen LogP contribution is 2.37. The predicted octanol–water partition coefficient (Wildman–Crippen LogP) is 3.61. The minimum atomic E-state index is -4.67. The summed E-state index contributed by atoms with van der Waals surface area (Å²) in [5, 5.41) is 18.9. The molecular weight excluding hydrogens is 503 g/mol. The maximum absolute atomic E-state index is 12.8. The van der Waals surface area contributed by atoms with Crippen molar-refractivity contribution in [3.8, 4) is 11.5 Å². The number of halogens is 4. The van der Waals surface area contributed by atoms with Gasteiger partial charge in [-0.1, -0.05) is 11.6 Å². The lowest BCUT2D eigenvalue weighted by Gasteiger charge is -2.20. The lowest BCUT2D eigenvalue weighted by Crippen LogP contribution is -2.40. The number of sulfonamides is 2. The number of amidine groups is 1. The van der Waals surface area contributed by atoms with Gasteiger partial charge < -0.3 is 4.74 Å².